The second kappa shape index (κ2) is 5.12. The van der Waals surface area contributed by atoms with Crippen LogP contribution < -0.4 is 5.32 Å². The van der Waals surface area contributed by atoms with Crippen molar-refractivity contribution < 1.29 is 4.74 Å². The van der Waals surface area contributed by atoms with Gasteiger partial charge in [-0.15, -0.1) is 0 Å². The van der Waals surface area contributed by atoms with E-state index in [-0.39, 0.29) is 0 Å². The molecule has 17 heavy (non-hydrogen) atoms. The van der Waals surface area contributed by atoms with E-state index in [0.717, 1.165) is 38.3 Å². The minimum atomic E-state index is 0.377. The predicted molar refractivity (Wildman–Crippen MR) is 65.7 cm³/mol. The van der Waals surface area contributed by atoms with Crippen molar-refractivity contribution in [1.82, 2.24) is 15.2 Å². The Morgan fingerprint density at radius 2 is 2.47 bits per heavy atom. The van der Waals surface area contributed by atoms with E-state index in [2.05, 4.69) is 15.2 Å². The Bertz CT molecular complexity index is 343. The third-order valence-corrected chi connectivity index (χ3v) is 3.64. The molecule has 3 heterocycles. The first-order chi connectivity index (χ1) is 8.42. The molecule has 0 bridgehead atoms. The summed E-state index contributed by atoms with van der Waals surface area (Å²) in [4.78, 5) is 6.82. The maximum Gasteiger partial charge on any atom is 0.0892 e. The smallest absolute Gasteiger partial charge is 0.0892 e. The summed E-state index contributed by atoms with van der Waals surface area (Å²) in [6.07, 6.45) is 3.35. The van der Waals surface area contributed by atoms with Crippen molar-refractivity contribution in [3.05, 3.63) is 30.1 Å². The first-order valence-corrected chi connectivity index (χ1v) is 6.38. The Hall–Kier alpha value is -0.970. The van der Waals surface area contributed by atoms with Gasteiger partial charge in [-0.25, -0.2) is 0 Å². The van der Waals surface area contributed by atoms with E-state index in [9.17, 15) is 0 Å². The second-order valence-electron chi connectivity index (χ2n) is 4.84. The Labute approximate surface area is 102 Å². The van der Waals surface area contributed by atoms with E-state index in [1.54, 1.807) is 0 Å². The average Bonchev–Trinajstić information content (AvgIpc) is 2.80. The van der Waals surface area contributed by atoms with Gasteiger partial charge in [0.05, 0.1) is 18.4 Å². The molecule has 92 valence electrons. The van der Waals surface area contributed by atoms with Gasteiger partial charge in [-0.2, -0.15) is 0 Å². The van der Waals surface area contributed by atoms with Crippen molar-refractivity contribution in [2.45, 2.75) is 25.2 Å². The van der Waals surface area contributed by atoms with E-state index >= 15 is 0 Å². The van der Waals surface area contributed by atoms with Crippen LogP contribution in [-0.4, -0.2) is 48.2 Å². The summed E-state index contributed by atoms with van der Waals surface area (Å²) in [6.45, 7) is 5.11. The van der Waals surface area contributed by atoms with Crippen molar-refractivity contribution >= 4 is 0 Å². The second-order valence-corrected chi connectivity index (χ2v) is 4.84. The van der Waals surface area contributed by atoms with Gasteiger partial charge in [-0.3, -0.25) is 9.88 Å². The molecule has 1 N–H and O–H groups in total. The number of hydrogen-bond donors (Lipinski definition) is 1. The van der Waals surface area contributed by atoms with Gasteiger partial charge in [0.1, 0.15) is 0 Å². The number of nitrogens with one attached hydrogen (secondary N) is 1. The zero-order valence-electron chi connectivity index (χ0n) is 10.0. The van der Waals surface area contributed by atoms with Crippen LogP contribution in [0.1, 0.15) is 12.1 Å². The first kappa shape index (κ1) is 11.1. The van der Waals surface area contributed by atoms with Gasteiger partial charge in [0.25, 0.3) is 0 Å². The Morgan fingerprint density at radius 1 is 1.47 bits per heavy atom. The zero-order valence-corrected chi connectivity index (χ0v) is 10.0. The Morgan fingerprint density at radius 3 is 3.29 bits per heavy atom. The predicted octanol–water partition coefficient (Wildman–Crippen LogP) is 0.644. The number of ether oxygens (including phenoxy) is 1. The summed E-state index contributed by atoms with van der Waals surface area (Å²) in [5.74, 6) is 0. The molecule has 2 saturated heterocycles. The summed E-state index contributed by atoms with van der Waals surface area (Å²) in [5.41, 5.74) is 1.02. The van der Waals surface area contributed by atoms with Gasteiger partial charge in [0.2, 0.25) is 0 Å². The third-order valence-electron chi connectivity index (χ3n) is 3.64. The molecule has 0 amide bonds. The van der Waals surface area contributed by atoms with E-state index in [1.807, 2.05) is 24.4 Å². The van der Waals surface area contributed by atoms with Crippen LogP contribution >= 0.6 is 0 Å². The molecule has 0 aliphatic carbocycles. The SMILES string of the molecule is c1ccc(CO[C@H]2C[C@@H]3CNCCN3C2)nc1. The minimum absolute atomic E-state index is 0.377. The largest absolute Gasteiger partial charge is 0.371 e. The highest BCUT2D eigenvalue weighted by Crippen LogP contribution is 2.21. The van der Waals surface area contributed by atoms with Gasteiger partial charge in [0.15, 0.2) is 0 Å². The minimum Gasteiger partial charge on any atom is -0.371 e. The lowest BCUT2D eigenvalue weighted by molar-refractivity contribution is 0.0450. The van der Waals surface area contributed by atoms with Crippen LogP contribution in [0.25, 0.3) is 0 Å². The molecule has 2 aliphatic heterocycles. The van der Waals surface area contributed by atoms with Gasteiger partial charge >= 0.3 is 0 Å². The fourth-order valence-corrected chi connectivity index (χ4v) is 2.72. The van der Waals surface area contributed by atoms with Gasteiger partial charge in [0, 0.05) is 38.4 Å². The van der Waals surface area contributed by atoms with E-state index in [0.29, 0.717) is 18.8 Å². The van der Waals surface area contributed by atoms with Crippen molar-refractivity contribution in [1.29, 1.82) is 0 Å². The lowest BCUT2D eigenvalue weighted by atomic mass is 10.2. The highest BCUT2D eigenvalue weighted by Gasteiger charge is 2.33. The molecule has 4 nitrogen and oxygen atoms in total. The number of fused-ring (bicyclic) bond motifs is 1. The van der Waals surface area contributed by atoms with Crippen LogP contribution in [0.4, 0.5) is 0 Å². The van der Waals surface area contributed by atoms with Crippen molar-refractivity contribution in [2.24, 2.45) is 0 Å². The lowest BCUT2D eigenvalue weighted by Crippen LogP contribution is -2.47. The number of hydrogen-bond acceptors (Lipinski definition) is 4. The quantitative estimate of drug-likeness (QED) is 0.831. The molecule has 2 aliphatic rings. The molecule has 1 aromatic heterocycles. The molecule has 0 unspecified atom stereocenters. The van der Waals surface area contributed by atoms with E-state index in [4.69, 9.17) is 4.74 Å². The monoisotopic (exact) mass is 233 g/mol. The molecule has 4 heteroatoms. The van der Waals surface area contributed by atoms with Crippen LogP contribution in [-0.2, 0) is 11.3 Å². The molecule has 0 radical (unpaired) electrons. The highest BCUT2D eigenvalue weighted by molar-refractivity contribution is 5.02. The fraction of sp³-hybridized carbons (Fsp3) is 0.615. The molecule has 0 spiro atoms. The maximum atomic E-state index is 5.95. The number of nitrogens with zero attached hydrogens (tertiary/aromatic N) is 2. The van der Waals surface area contributed by atoms with Gasteiger partial charge in [-0.1, -0.05) is 6.07 Å². The Kier molecular flexibility index (Phi) is 3.36. The van der Waals surface area contributed by atoms with Crippen LogP contribution in [0, 0.1) is 0 Å². The number of aromatic nitrogens is 1. The zero-order chi connectivity index (χ0) is 11.5. The first-order valence-electron chi connectivity index (χ1n) is 6.38. The van der Waals surface area contributed by atoms with Crippen molar-refractivity contribution in [3.63, 3.8) is 0 Å². The highest BCUT2D eigenvalue weighted by atomic mass is 16.5. The number of piperazine rings is 1. The fourth-order valence-electron chi connectivity index (χ4n) is 2.72. The molecular formula is C13H19N3O. The van der Waals surface area contributed by atoms with Gasteiger partial charge < -0.3 is 10.1 Å². The van der Waals surface area contributed by atoms with Crippen molar-refractivity contribution in [2.75, 3.05) is 26.2 Å². The van der Waals surface area contributed by atoms with E-state index < -0.39 is 0 Å². The van der Waals surface area contributed by atoms with Crippen LogP contribution in [0.5, 0.6) is 0 Å². The summed E-state index contributed by atoms with van der Waals surface area (Å²) in [7, 11) is 0. The number of pyridine rings is 1. The number of rotatable bonds is 3. The molecule has 3 rings (SSSR count). The molecule has 1 aromatic rings. The summed E-state index contributed by atoms with van der Waals surface area (Å²) < 4.78 is 5.95. The third kappa shape index (κ3) is 2.65. The molecule has 2 fully saturated rings. The normalized spacial score (nSPS) is 29.2. The van der Waals surface area contributed by atoms with Crippen LogP contribution in [0.2, 0.25) is 0 Å². The average molecular weight is 233 g/mol. The van der Waals surface area contributed by atoms with E-state index in [1.165, 1.54) is 0 Å². The molecule has 0 saturated carbocycles. The van der Waals surface area contributed by atoms with Crippen LogP contribution in [0.3, 0.4) is 0 Å². The van der Waals surface area contributed by atoms with Crippen LogP contribution in [0.15, 0.2) is 24.4 Å². The topological polar surface area (TPSA) is 37.4 Å². The lowest BCUT2D eigenvalue weighted by Gasteiger charge is -2.29. The Balaban J connectivity index is 1.50. The molecular weight excluding hydrogens is 214 g/mol. The standard InChI is InChI=1S/C13H19N3O/c1-2-4-15-11(3-1)10-17-13-7-12-8-14-5-6-16(12)9-13/h1-4,12-14H,5-10H2/t12-,13+/m1/s1. The van der Waals surface area contributed by atoms with Crippen molar-refractivity contribution in [3.8, 4) is 0 Å². The maximum absolute atomic E-state index is 5.95. The summed E-state index contributed by atoms with van der Waals surface area (Å²) >= 11 is 0. The summed E-state index contributed by atoms with van der Waals surface area (Å²) in [5, 5.41) is 3.44. The molecule has 0 aromatic carbocycles. The van der Waals surface area contributed by atoms with Gasteiger partial charge in [-0.05, 0) is 18.6 Å². The summed E-state index contributed by atoms with van der Waals surface area (Å²) in [6, 6.07) is 6.64. The molecule has 2 atom stereocenters.